The third-order valence-electron chi connectivity index (χ3n) is 12.5. The summed E-state index contributed by atoms with van der Waals surface area (Å²) in [7, 11) is 0. The molecule has 0 fully saturated rings. The van der Waals surface area contributed by atoms with Gasteiger partial charge in [0.1, 0.15) is 13.2 Å². The zero-order valence-electron chi connectivity index (χ0n) is 44.4. The second-order valence-corrected chi connectivity index (χ2v) is 19.2. The van der Waals surface area contributed by atoms with Crippen LogP contribution in [0.25, 0.3) is 0 Å². The average Bonchev–Trinajstić information content (AvgIpc) is 3.33. The third kappa shape index (κ3) is 53.9. The van der Waals surface area contributed by atoms with E-state index >= 15 is 0 Å². The van der Waals surface area contributed by atoms with Gasteiger partial charge in [0.25, 0.3) is 0 Å². The summed E-state index contributed by atoms with van der Waals surface area (Å²) in [6.07, 6.45) is 69.6. The van der Waals surface area contributed by atoms with Gasteiger partial charge in [0.15, 0.2) is 6.10 Å². The fourth-order valence-electron chi connectivity index (χ4n) is 8.24. The van der Waals surface area contributed by atoms with E-state index in [1.54, 1.807) is 0 Å². The number of hydrogen-bond acceptors (Lipinski definition) is 6. The molecule has 6 heteroatoms. The molecule has 0 rings (SSSR count). The van der Waals surface area contributed by atoms with Gasteiger partial charge in [-0.1, -0.05) is 268 Å². The molecule has 6 nitrogen and oxygen atoms in total. The van der Waals surface area contributed by atoms with Gasteiger partial charge < -0.3 is 14.2 Å². The van der Waals surface area contributed by atoms with E-state index in [2.05, 4.69) is 81.5 Å². The van der Waals surface area contributed by atoms with E-state index in [0.717, 1.165) is 89.9 Å². The van der Waals surface area contributed by atoms with Crippen molar-refractivity contribution in [2.75, 3.05) is 13.2 Å². The molecule has 0 bridgehead atoms. The van der Waals surface area contributed by atoms with Crippen LogP contribution in [-0.2, 0) is 28.6 Å². The van der Waals surface area contributed by atoms with Crippen LogP contribution < -0.4 is 0 Å². The number of allylic oxidation sites excluding steroid dienone is 10. The highest BCUT2D eigenvalue weighted by Crippen LogP contribution is 2.16. The molecule has 1 unspecified atom stereocenters. The van der Waals surface area contributed by atoms with E-state index in [-0.39, 0.29) is 31.1 Å². The van der Waals surface area contributed by atoms with Crippen molar-refractivity contribution < 1.29 is 28.6 Å². The van der Waals surface area contributed by atoms with Gasteiger partial charge in [0.2, 0.25) is 0 Å². The van der Waals surface area contributed by atoms with Gasteiger partial charge in [0.05, 0.1) is 0 Å². The maximum atomic E-state index is 12.8. The van der Waals surface area contributed by atoms with Crippen molar-refractivity contribution in [3.05, 3.63) is 60.8 Å². The number of rotatable bonds is 52. The van der Waals surface area contributed by atoms with Gasteiger partial charge in [0, 0.05) is 19.3 Å². The van der Waals surface area contributed by atoms with Crippen LogP contribution in [-0.4, -0.2) is 37.2 Å². The highest BCUT2D eigenvalue weighted by molar-refractivity contribution is 5.71. The van der Waals surface area contributed by atoms with E-state index in [4.69, 9.17) is 14.2 Å². The summed E-state index contributed by atoms with van der Waals surface area (Å²) in [6.45, 7) is 6.49. The Morgan fingerprint density at radius 1 is 0.313 bits per heavy atom. The van der Waals surface area contributed by atoms with Crippen molar-refractivity contribution in [1.29, 1.82) is 0 Å². The molecule has 1 atom stereocenters. The molecule has 0 N–H and O–H groups in total. The van der Waals surface area contributed by atoms with E-state index in [0.29, 0.717) is 19.3 Å². The molecule has 0 heterocycles. The van der Waals surface area contributed by atoms with Crippen LogP contribution in [0.3, 0.4) is 0 Å². The van der Waals surface area contributed by atoms with Crippen molar-refractivity contribution in [3.8, 4) is 0 Å². The largest absolute Gasteiger partial charge is 0.462 e. The number of carbonyl (C=O) groups excluding carboxylic acids is 3. The molecule has 0 aliphatic carbocycles. The lowest BCUT2D eigenvalue weighted by Gasteiger charge is -2.18. The second kappa shape index (κ2) is 55.7. The Balaban J connectivity index is 4.09. The van der Waals surface area contributed by atoms with Crippen molar-refractivity contribution in [3.63, 3.8) is 0 Å². The first-order valence-electron chi connectivity index (χ1n) is 28.8. The zero-order valence-corrected chi connectivity index (χ0v) is 44.4. The number of esters is 3. The second-order valence-electron chi connectivity index (χ2n) is 19.2. The summed E-state index contributed by atoms with van der Waals surface area (Å²) in [5, 5.41) is 0. The van der Waals surface area contributed by atoms with Gasteiger partial charge in [-0.15, -0.1) is 0 Å². The van der Waals surface area contributed by atoms with Gasteiger partial charge in [-0.2, -0.15) is 0 Å². The Kier molecular flexibility index (Phi) is 53.3. The van der Waals surface area contributed by atoms with Gasteiger partial charge in [-0.25, -0.2) is 0 Å². The summed E-state index contributed by atoms with van der Waals surface area (Å²) in [5.74, 6) is -0.872. The molecule has 0 amide bonds. The Hall–Kier alpha value is -2.89. The molecule has 0 saturated carbocycles. The molecule has 67 heavy (non-hydrogen) atoms. The van der Waals surface area contributed by atoms with Crippen LogP contribution in [0.5, 0.6) is 0 Å². The highest BCUT2D eigenvalue weighted by Gasteiger charge is 2.19. The molecule has 0 saturated heterocycles. The molecule has 0 aromatic carbocycles. The van der Waals surface area contributed by atoms with E-state index in [1.807, 2.05) is 0 Å². The van der Waals surface area contributed by atoms with Crippen LogP contribution in [0.1, 0.15) is 290 Å². The Labute approximate surface area is 415 Å². The van der Waals surface area contributed by atoms with Crippen molar-refractivity contribution in [2.24, 2.45) is 0 Å². The lowest BCUT2D eigenvalue weighted by atomic mass is 10.0. The lowest BCUT2D eigenvalue weighted by molar-refractivity contribution is -0.167. The molecule has 0 aliphatic heterocycles. The smallest absolute Gasteiger partial charge is 0.306 e. The predicted octanol–water partition coefficient (Wildman–Crippen LogP) is 19.2. The minimum absolute atomic E-state index is 0.0717. The monoisotopic (exact) mass is 937 g/mol. The average molecular weight is 938 g/mol. The third-order valence-corrected chi connectivity index (χ3v) is 12.5. The number of hydrogen-bond donors (Lipinski definition) is 0. The summed E-state index contributed by atoms with van der Waals surface area (Å²) < 4.78 is 16.8. The summed E-state index contributed by atoms with van der Waals surface area (Å²) in [6, 6.07) is 0. The zero-order chi connectivity index (χ0) is 48.6. The quantitative estimate of drug-likeness (QED) is 0.0262. The minimum atomic E-state index is -0.769. The Morgan fingerprint density at radius 2 is 0.582 bits per heavy atom. The lowest BCUT2D eigenvalue weighted by Crippen LogP contribution is -2.30. The van der Waals surface area contributed by atoms with Crippen LogP contribution >= 0.6 is 0 Å². The molecule has 0 spiro atoms. The molecular weight excluding hydrogens is 829 g/mol. The van der Waals surface area contributed by atoms with E-state index in [9.17, 15) is 14.4 Å². The SMILES string of the molecule is CC/C=C\C/C=C\C/C=C\C/C=C\C/C=C\CCCCCCCCCCCCCC(=O)OCC(COC(=O)CCCCCCCC)OC(=O)CCCCCCCCCCCCCCCCCC. The maximum Gasteiger partial charge on any atom is 0.306 e. The van der Waals surface area contributed by atoms with Crippen molar-refractivity contribution >= 4 is 17.9 Å². The van der Waals surface area contributed by atoms with Crippen LogP contribution in [0.15, 0.2) is 60.8 Å². The first-order valence-corrected chi connectivity index (χ1v) is 28.8. The van der Waals surface area contributed by atoms with Crippen LogP contribution in [0.4, 0.5) is 0 Å². The fourth-order valence-corrected chi connectivity index (χ4v) is 8.24. The van der Waals surface area contributed by atoms with E-state index < -0.39 is 6.10 Å². The first-order chi connectivity index (χ1) is 33.0. The first kappa shape index (κ1) is 64.1. The Bertz CT molecular complexity index is 1210. The van der Waals surface area contributed by atoms with E-state index in [1.165, 1.54) is 161 Å². The molecule has 388 valence electrons. The summed E-state index contributed by atoms with van der Waals surface area (Å²) in [4.78, 5) is 37.9. The summed E-state index contributed by atoms with van der Waals surface area (Å²) >= 11 is 0. The van der Waals surface area contributed by atoms with Crippen molar-refractivity contribution in [2.45, 2.75) is 297 Å². The molecule has 0 radical (unpaired) electrons. The predicted molar refractivity (Wildman–Crippen MR) is 288 cm³/mol. The Morgan fingerprint density at radius 3 is 0.910 bits per heavy atom. The normalized spacial score (nSPS) is 12.5. The standard InChI is InChI=1S/C61H108O6/c1-4-7-10-13-16-18-20-22-24-26-27-28-29-30-31-32-33-34-35-36-38-39-41-43-45-48-51-54-60(63)66-57-58(56-65-59(62)53-50-47-15-12-9-6-3)67-61(64)55-52-49-46-44-42-40-37-25-23-21-19-17-14-11-8-5-2/h7,10,16,18,22,24,27-28,30-31,58H,4-6,8-9,11-15,17,19-21,23,25-26,29,32-57H2,1-3H3/b10-7-,18-16-,24-22-,28-27-,31-30-. The summed E-state index contributed by atoms with van der Waals surface area (Å²) in [5.41, 5.74) is 0. The fraction of sp³-hybridized carbons (Fsp3) is 0.787. The molecule has 0 aromatic heterocycles. The van der Waals surface area contributed by atoms with Gasteiger partial charge in [-0.3, -0.25) is 14.4 Å². The molecular formula is C61H108O6. The van der Waals surface area contributed by atoms with Crippen LogP contribution in [0, 0.1) is 0 Å². The topological polar surface area (TPSA) is 78.9 Å². The maximum absolute atomic E-state index is 12.8. The van der Waals surface area contributed by atoms with Crippen molar-refractivity contribution in [1.82, 2.24) is 0 Å². The minimum Gasteiger partial charge on any atom is -0.462 e. The number of unbranched alkanes of at least 4 members (excludes halogenated alkanes) is 31. The van der Waals surface area contributed by atoms with Crippen LogP contribution in [0.2, 0.25) is 0 Å². The van der Waals surface area contributed by atoms with Gasteiger partial charge in [-0.05, 0) is 64.2 Å². The molecule has 0 aromatic rings. The highest BCUT2D eigenvalue weighted by atomic mass is 16.6. The van der Waals surface area contributed by atoms with Gasteiger partial charge >= 0.3 is 17.9 Å². The number of ether oxygens (including phenoxy) is 3. The molecule has 0 aliphatic rings. The number of carbonyl (C=O) groups is 3.